The average Bonchev–Trinajstić information content (AvgIpc) is 2.49. The number of hydrogen-bond acceptors (Lipinski definition) is 4. The molecule has 1 aliphatic rings. The van der Waals surface area contributed by atoms with Gasteiger partial charge in [-0.1, -0.05) is 42.4 Å². The van der Waals surface area contributed by atoms with Crippen LogP contribution in [0.15, 0.2) is 35.5 Å². The average molecular weight is 276 g/mol. The number of piperidine rings is 1. The Kier molecular flexibility index (Phi) is 4.74. The minimum Gasteiger partial charge on any atom is -0.411 e. The van der Waals surface area contributed by atoms with Gasteiger partial charge in [-0.2, -0.15) is 0 Å². The summed E-state index contributed by atoms with van der Waals surface area (Å²) in [4.78, 5) is 14.3. The number of hydrogen-bond donors (Lipinski definition) is 1. The minimum atomic E-state index is -0.573. The highest BCUT2D eigenvalue weighted by Crippen LogP contribution is 2.22. The second-order valence-electron chi connectivity index (χ2n) is 5.05. The molecule has 1 N–H and O–H groups in total. The van der Waals surface area contributed by atoms with Gasteiger partial charge in [-0.3, -0.25) is 4.79 Å². The van der Waals surface area contributed by atoms with Gasteiger partial charge in [-0.15, -0.1) is 0 Å². The highest BCUT2D eigenvalue weighted by atomic mass is 16.5. The van der Waals surface area contributed by atoms with Crippen LogP contribution in [0, 0.1) is 5.92 Å². The van der Waals surface area contributed by atoms with Crippen molar-refractivity contribution >= 4 is 11.6 Å². The number of methoxy groups -OCH3 is 1. The molecule has 0 aromatic heterocycles. The summed E-state index contributed by atoms with van der Waals surface area (Å²) in [6, 6.07) is 9.47. The molecule has 0 spiro atoms. The maximum atomic E-state index is 12.6. The standard InChI is InChI=1S/C15H20N2O3/c1-11-10-17(9-8-13(11)16-19)15(18)14(20-2)12-6-4-3-5-7-12/h3-7,11,14,19H,8-10H2,1-2H3/b16-13-. The lowest BCUT2D eigenvalue weighted by atomic mass is 9.96. The molecular weight excluding hydrogens is 256 g/mol. The van der Waals surface area contributed by atoms with Gasteiger partial charge in [0.25, 0.3) is 5.91 Å². The second-order valence-corrected chi connectivity index (χ2v) is 5.05. The van der Waals surface area contributed by atoms with Crippen molar-refractivity contribution in [2.45, 2.75) is 19.4 Å². The number of nitrogens with zero attached hydrogens (tertiary/aromatic N) is 2. The molecule has 0 bridgehead atoms. The molecule has 108 valence electrons. The largest absolute Gasteiger partial charge is 0.411 e. The molecule has 2 rings (SSSR count). The maximum Gasteiger partial charge on any atom is 0.256 e. The number of ether oxygens (including phenoxy) is 1. The van der Waals surface area contributed by atoms with E-state index >= 15 is 0 Å². The third-order valence-electron chi connectivity index (χ3n) is 3.70. The highest BCUT2D eigenvalue weighted by Gasteiger charge is 2.31. The molecule has 0 aliphatic carbocycles. The molecule has 1 saturated heterocycles. The van der Waals surface area contributed by atoms with E-state index in [-0.39, 0.29) is 11.8 Å². The number of rotatable bonds is 3. The Labute approximate surface area is 118 Å². The van der Waals surface area contributed by atoms with E-state index in [0.29, 0.717) is 19.5 Å². The lowest BCUT2D eigenvalue weighted by Crippen LogP contribution is -2.45. The summed E-state index contributed by atoms with van der Waals surface area (Å²) in [7, 11) is 1.55. The highest BCUT2D eigenvalue weighted by molar-refractivity contribution is 5.90. The number of benzene rings is 1. The Morgan fingerprint density at radius 1 is 1.45 bits per heavy atom. The zero-order chi connectivity index (χ0) is 14.5. The van der Waals surface area contributed by atoms with Gasteiger partial charge < -0.3 is 14.8 Å². The van der Waals surface area contributed by atoms with E-state index in [9.17, 15) is 4.79 Å². The van der Waals surface area contributed by atoms with Crippen LogP contribution in [0.25, 0.3) is 0 Å². The Balaban J connectivity index is 2.10. The summed E-state index contributed by atoms with van der Waals surface area (Å²) in [5.41, 5.74) is 1.61. The Morgan fingerprint density at radius 3 is 2.70 bits per heavy atom. The van der Waals surface area contributed by atoms with Gasteiger partial charge >= 0.3 is 0 Å². The Morgan fingerprint density at radius 2 is 2.15 bits per heavy atom. The zero-order valence-electron chi connectivity index (χ0n) is 11.8. The lowest BCUT2D eigenvalue weighted by Gasteiger charge is -2.33. The van der Waals surface area contributed by atoms with Gasteiger partial charge in [0.15, 0.2) is 6.10 Å². The van der Waals surface area contributed by atoms with Gasteiger partial charge in [0.1, 0.15) is 0 Å². The van der Waals surface area contributed by atoms with Crippen LogP contribution in [0.2, 0.25) is 0 Å². The lowest BCUT2D eigenvalue weighted by molar-refractivity contribution is -0.143. The third-order valence-corrected chi connectivity index (χ3v) is 3.70. The van der Waals surface area contributed by atoms with Crippen LogP contribution in [0.5, 0.6) is 0 Å². The van der Waals surface area contributed by atoms with Gasteiger partial charge in [0.05, 0.1) is 5.71 Å². The minimum absolute atomic E-state index is 0.0393. The maximum absolute atomic E-state index is 12.6. The zero-order valence-corrected chi connectivity index (χ0v) is 11.8. The number of likely N-dealkylation sites (tertiary alicyclic amines) is 1. The monoisotopic (exact) mass is 276 g/mol. The first-order valence-corrected chi connectivity index (χ1v) is 6.74. The van der Waals surface area contributed by atoms with Crippen LogP contribution in [-0.4, -0.2) is 41.9 Å². The summed E-state index contributed by atoms with van der Waals surface area (Å²) in [5, 5.41) is 12.2. The molecular formula is C15H20N2O3. The van der Waals surface area contributed by atoms with Gasteiger partial charge in [-0.25, -0.2) is 0 Å². The van der Waals surface area contributed by atoms with Crippen LogP contribution in [0.1, 0.15) is 25.0 Å². The van der Waals surface area contributed by atoms with E-state index in [0.717, 1.165) is 11.3 Å². The van der Waals surface area contributed by atoms with E-state index in [1.54, 1.807) is 12.0 Å². The normalized spacial score (nSPS) is 22.8. The third kappa shape index (κ3) is 2.99. The van der Waals surface area contributed by atoms with E-state index in [1.165, 1.54) is 0 Å². The molecule has 2 unspecified atom stereocenters. The predicted octanol–water partition coefficient (Wildman–Crippen LogP) is 2.07. The molecule has 20 heavy (non-hydrogen) atoms. The fourth-order valence-electron chi connectivity index (χ4n) is 2.55. The summed E-state index contributed by atoms with van der Waals surface area (Å²) in [5.74, 6) is 0.0357. The fraction of sp³-hybridized carbons (Fsp3) is 0.467. The van der Waals surface area contributed by atoms with Crippen molar-refractivity contribution in [2.75, 3.05) is 20.2 Å². The number of carbonyl (C=O) groups is 1. The van der Waals surface area contributed by atoms with Gasteiger partial charge in [0, 0.05) is 32.5 Å². The topological polar surface area (TPSA) is 62.1 Å². The SMILES string of the molecule is COC(C(=O)N1CC/C(=N/O)C(C)C1)c1ccccc1. The van der Waals surface area contributed by atoms with Gasteiger partial charge in [-0.05, 0) is 5.56 Å². The van der Waals surface area contributed by atoms with E-state index in [4.69, 9.17) is 9.94 Å². The first-order valence-electron chi connectivity index (χ1n) is 6.74. The van der Waals surface area contributed by atoms with Gasteiger partial charge in [0.2, 0.25) is 0 Å². The summed E-state index contributed by atoms with van der Waals surface area (Å²) < 4.78 is 5.37. The Bertz CT molecular complexity index is 487. The molecule has 0 saturated carbocycles. The van der Waals surface area contributed by atoms with Crippen molar-refractivity contribution in [3.8, 4) is 0 Å². The quantitative estimate of drug-likeness (QED) is 0.679. The molecule has 1 aromatic rings. The van der Waals surface area contributed by atoms with Crippen molar-refractivity contribution in [1.82, 2.24) is 4.90 Å². The smallest absolute Gasteiger partial charge is 0.256 e. The first-order chi connectivity index (χ1) is 9.67. The molecule has 5 heteroatoms. The Hall–Kier alpha value is -1.88. The van der Waals surface area contributed by atoms with E-state index < -0.39 is 6.10 Å². The fourth-order valence-corrected chi connectivity index (χ4v) is 2.55. The second kappa shape index (κ2) is 6.52. The molecule has 1 heterocycles. The summed E-state index contributed by atoms with van der Waals surface area (Å²) >= 11 is 0. The molecule has 1 aromatic carbocycles. The number of oxime groups is 1. The van der Waals surface area contributed by atoms with Crippen LogP contribution in [0.4, 0.5) is 0 Å². The number of carbonyl (C=O) groups excluding carboxylic acids is 1. The van der Waals surface area contributed by atoms with Crippen LogP contribution in [-0.2, 0) is 9.53 Å². The molecule has 1 aliphatic heterocycles. The molecule has 0 radical (unpaired) electrons. The first kappa shape index (κ1) is 14.5. The van der Waals surface area contributed by atoms with Crippen molar-refractivity contribution in [2.24, 2.45) is 11.1 Å². The van der Waals surface area contributed by atoms with Crippen molar-refractivity contribution < 1.29 is 14.7 Å². The molecule has 2 atom stereocenters. The van der Waals surface area contributed by atoms with E-state index in [1.807, 2.05) is 37.3 Å². The van der Waals surface area contributed by atoms with Crippen LogP contribution >= 0.6 is 0 Å². The summed E-state index contributed by atoms with van der Waals surface area (Å²) in [6.45, 7) is 3.08. The summed E-state index contributed by atoms with van der Waals surface area (Å²) in [6.07, 6.45) is 0.0327. The molecule has 5 nitrogen and oxygen atoms in total. The van der Waals surface area contributed by atoms with Crippen molar-refractivity contribution in [3.05, 3.63) is 35.9 Å². The molecule has 1 amide bonds. The van der Waals surface area contributed by atoms with E-state index in [2.05, 4.69) is 5.16 Å². The van der Waals surface area contributed by atoms with Crippen molar-refractivity contribution in [1.29, 1.82) is 0 Å². The molecule has 1 fully saturated rings. The van der Waals surface area contributed by atoms with Crippen LogP contribution < -0.4 is 0 Å². The van der Waals surface area contributed by atoms with Crippen LogP contribution in [0.3, 0.4) is 0 Å². The number of amides is 1. The van der Waals surface area contributed by atoms with Crippen molar-refractivity contribution in [3.63, 3.8) is 0 Å². The predicted molar refractivity (Wildman–Crippen MR) is 75.8 cm³/mol.